The molecule has 6 nitrogen and oxygen atoms in total. The largest absolute Gasteiger partial charge is 0.486 e. The van der Waals surface area contributed by atoms with Crippen molar-refractivity contribution in [1.29, 1.82) is 0 Å². The zero-order valence-electron chi connectivity index (χ0n) is 10.6. The molecule has 0 saturated carbocycles. The summed E-state index contributed by atoms with van der Waals surface area (Å²) in [4.78, 5) is 24.8. The molecule has 20 heavy (non-hydrogen) atoms. The number of ether oxygens (including phenoxy) is 2. The lowest BCUT2D eigenvalue weighted by Gasteiger charge is -2.23. The van der Waals surface area contributed by atoms with Gasteiger partial charge in [-0.2, -0.15) is 0 Å². The Morgan fingerprint density at radius 1 is 1.20 bits per heavy atom. The Balaban J connectivity index is 1.86. The predicted molar refractivity (Wildman–Crippen MR) is 69.0 cm³/mol. The minimum absolute atomic E-state index is 0.296. The van der Waals surface area contributed by atoms with Crippen molar-refractivity contribution in [2.24, 2.45) is 0 Å². The summed E-state index contributed by atoms with van der Waals surface area (Å²) in [5.74, 6) is -0.257. The molecule has 0 saturated heterocycles. The van der Waals surface area contributed by atoms with Gasteiger partial charge in [0.15, 0.2) is 11.5 Å². The highest BCUT2D eigenvalue weighted by molar-refractivity contribution is 5.98. The van der Waals surface area contributed by atoms with Crippen molar-refractivity contribution in [3.05, 3.63) is 35.9 Å². The molecule has 0 unspecified atom stereocenters. The maximum absolute atomic E-state index is 12.4. The maximum atomic E-state index is 12.4. The number of rotatable bonds is 2. The predicted octanol–water partition coefficient (Wildman–Crippen LogP) is 0.923. The number of amides is 1. The summed E-state index contributed by atoms with van der Waals surface area (Å²) in [7, 11) is 0. The Morgan fingerprint density at radius 3 is 2.70 bits per heavy atom. The minimum Gasteiger partial charge on any atom is -0.486 e. The molecule has 0 bridgehead atoms. The second kappa shape index (κ2) is 4.88. The van der Waals surface area contributed by atoms with Crippen molar-refractivity contribution >= 4 is 11.9 Å². The number of aliphatic carboxylic acids is 1. The first-order valence-electron chi connectivity index (χ1n) is 6.27. The summed E-state index contributed by atoms with van der Waals surface area (Å²) < 4.78 is 10.8. The van der Waals surface area contributed by atoms with Crippen LogP contribution in [0.3, 0.4) is 0 Å². The number of hydrogen-bond donors (Lipinski definition) is 1. The Bertz CT molecular complexity index is 595. The molecule has 0 aliphatic carbocycles. The van der Waals surface area contributed by atoms with Crippen molar-refractivity contribution in [2.75, 3.05) is 19.8 Å². The van der Waals surface area contributed by atoms with Crippen LogP contribution in [-0.2, 0) is 4.79 Å². The van der Waals surface area contributed by atoms with Crippen LogP contribution in [0.5, 0.6) is 11.5 Å². The molecule has 1 aromatic rings. The normalized spacial score (nSPS) is 20.0. The molecule has 2 aliphatic heterocycles. The van der Waals surface area contributed by atoms with Gasteiger partial charge < -0.3 is 19.5 Å². The molecular formula is C14H13NO5. The van der Waals surface area contributed by atoms with Crippen LogP contribution in [0.1, 0.15) is 10.4 Å². The molecule has 0 spiro atoms. The topological polar surface area (TPSA) is 76.1 Å². The molecule has 0 aromatic heterocycles. The fourth-order valence-electron chi connectivity index (χ4n) is 2.29. The summed E-state index contributed by atoms with van der Waals surface area (Å²) in [5.41, 5.74) is 0.393. The molecule has 1 aromatic carbocycles. The maximum Gasteiger partial charge on any atom is 0.330 e. The highest BCUT2D eigenvalue weighted by atomic mass is 16.6. The van der Waals surface area contributed by atoms with Gasteiger partial charge in [0.2, 0.25) is 0 Å². The number of fused-ring (bicyclic) bond motifs is 1. The average Bonchev–Trinajstić information content (AvgIpc) is 2.95. The Kier molecular flexibility index (Phi) is 3.06. The van der Waals surface area contributed by atoms with Crippen LogP contribution in [-0.4, -0.2) is 47.7 Å². The lowest BCUT2D eigenvalue weighted by Crippen LogP contribution is -2.40. The van der Waals surface area contributed by atoms with E-state index < -0.39 is 12.0 Å². The number of hydrogen-bond acceptors (Lipinski definition) is 4. The first-order valence-corrected chi connectivity index (χ1v) is 6.27. The quantitative estimate of drug-likeness (QED) is 0.812. The van der Waals surface area contributed by atoms with Gasteiger partial charge in [-0.15, -0.1) is 0 Å². The van der Waals surface area contributed by atoms with E-state index in [0.717, 1.165) is 0 Å². The van der Waals surface area contributed by atoms with Crippen LogP contribution < -0.4 is 9.47 Å². The van der Waals surface area contributed by atoms with Crippen LogP contribution >= 0.6 is 0 Å². The Labute approximate surface area is 115 Å². The van der Waals surface area contributed by atoms with Crippen molar-refractivity contribution in [1.82, 2.24) is 4.90 Å². The van der Waals surface area contributed by atoms with Gasteiger partial charge in [0.1, 0.15) is 19.3 Å². The smallest absolute Gasteiger partial charge is 0.330 e. The van der Waals surface area contributed by atoms with Gasteiger partial charge in [-0.25, -0.2) is 4.79 Å². The van der Waals surface area contributed by atoms with E-state index in [2.05, 4.69) is 0 Å². The van der Waals surface area contributed by atoms with Crippen LogP contribution in [0, 0.1) is 0 Å². The van der Waals surface area contributed by atoms with Gasteiger partial charge in [-0.3, -0.25) is 4.79 Å². The number of carbonyl (C=O) groups excluding carboxylic acids is 1. The van der Waals surface area contributed by atoms with E-state index in [1.165, 1.54) is 11.0 Å². The zero-order valence-corrected chi connectivity index (χ0v) is 10.6. The molecule has 0 fully saturated rings. The van der Waals surface area contributed by atoms with Crippen LogP contribution in [0.2, 0.25) is 0 Å². The van der Waals surface area contributed by atoms with Crippen molar-refractivity contribution in [2.45, 2.75) is 6.04 Å². The SMILES string of the molecule is O=C(O)[C@@H]1C=CCN1C(=O)c1ccc2c(c1)OCCO2. The molecule has 1 atom stereocenters. The third-order valence-corrected chi connectivity index (χ3v) is 3.26. The number of benzene rings is 1. The number of carboxylic acids is 1. The molecular weight excluding hydrogens is 262 g/mol. The molecule has 1 amide bonds. The monoisotopic (exact) mass is 275 g/mol. The molecule has 0 radical (unpaired) electrons. The van der Waals surface area contributed by atoms with Crippen molar-refractivity contribution in [3.63, 3.8) is 0 Å². The second-order valence-electron chi connectivity index (χ2n) is 4.53. The van der Waals surface area contributed by atoms with E-state index in [9.17, 15) is 9.59 Å². The number of carboxylic acid groups (broad SMARTS) is 1. The van der Waals surface area contributed by atoms with Gasteiger partial charge in [0.05, 0.1) is 0 Å². The van der Waals surface area contributed by atoms with Gasteiger partial charge in [-0.1, -0.05) is 12.2 Å². The fraction of sp³-hybridized carbons (Fsp3) is 0.286. The van der Waals surface area contributed by atoms with E-state index in [1.807, 2.05) is 0 Å². The van der Waals surface area contributed by atoms with Gasteiger partial charge in [-0.05, 0) is 18.2 Å². The van der Waals surface area contributed by atoms with E-state index >= 15 is 0 Å². The average molecular weight is 275 g/mol. The Hall–Kier alpha value is -2.50. The highest BCUT2D eigenvalue weighted by Crippen LogP contribution is 2.31. The molecule has 104 valence electrons. The van der Waals surface area contributed by atoms with Crippen LogP contribution in [0.25, 0.3) is 0 Å². The second-order valence-corrected chi connectivity index (χ2v) is 4.53. The van der Waals surface area contributed by atoms with Crippen molar-refractivity contribution in [3.8, 4) is 11.5 Å². The van der Waals surface area contributed by atoms with E-state index in [4.69, 9.17) is 14.6 Å². The fourth-order valence-corrected chi connectivity index (χ4v) is 2.29. The third-order valence-electron chi connectivity index (χ3n) is 3.26. The standard InChI is InChI=1S/C14H13NO5/c16-13(15-5-1-2-10(15)14(17)18)9-3-4-11-12(8-9)20-7-6-19-11/h1-4,8,10H,5-7H2,(H,17,18)/t10-/m0/s1. The van der Waals surface area contributed by atoms with Crippen LogP contribution in [0.15, 0.2) is 30.4 Å². The summed E-state index contributed by atoms with van der Waals surface area (Å²) in [6, 6.07) is 3.97. The lowest BCUT2D eigenvalue weighted by molar-refractivity contribution is -0.140. The zero-order chi connectivity index (χ0) is 14.1. The summed E-state index contributed by atoms with van der Waals surface area (Å²) >= 11 is 0. The van der Waals surface area contributed by atoms with E-state index in [-0.39, 0.29) is 5.91 Å². The first kappa shape index (κ1) is 12.5. The molecule has 6 heteroatoms. The highest BCUT2D eigenvalue weighted by Gasteiger charge is 2.31. The van der Waals surface area contributed by atoms with Crippen LogP contribution in [0.4, 0.5) is 0 Å². The van der Waals surface area contributed by atoms with Gasteiger partial charge >= 0.3 is 5.97 Å². The minimum atomic E-state index is -1.04. The number of nitrogens with zero attached hydrogens (tertiary/aromatic N) is 1. The molecule has 2 heterocycles. The molecule has 2 aliphatic rings. The van der Waals surface area contributed by atoms with Crippen molar-refractivity contribution < 1.29 is 24.2 Å². The van der Waals surface area contributed by atoms with Gasteiger partial charge in [0.25, 0.3) is 5.91 Å². The Morgan fingerprint density at radius 2 is 1.95 bits per heavy atom. The summed E-state index contributed by atoms with van der Waals surface area (Å²) in [6.07, 6.45) is 3.19. The third kappa shape index (κ3) is 2.09. The first-order chi connectivity index (χ1) is 9.66. The lowest BCUT2D eigenvalue weighted by atomic mass is 10.1. The van der Waals surface area contributed by atoms with Gasteiger partial charge in [0, 0.05) is 12.1 Å². The number of carbonyl (C=O) groups is 2. The summed E-state index contributed by atoms with van der Waals surface area (Å²) in [6.45, 7) is 1.22. The van der Waals surface area contributed by atoms with E-state index in [0.29, 0.717) is 36.8 Å². The molecule has 3 rings (SSSR count). The van der Waals surface area contributed by atoms with E-state index in [1.54, 1.807) is 24.3 Å². The summed E-state index contributed by atoms with van der Waals surface area (Å²) in [5, 5.41) is 9.08. The molecule has 1 N–H and O–H groups in total.